The Kier molecular flexibility index (Phi) is 53.6. The number of nitrogens with one attached hydrogen (secondary N) is 1. The molecule has 0 rings (SSSR count). The van der Waals surface area contributed by atoms with E-state index in [1.807, 2.05) is 6.08 Å². The lowest BCUT2D eigenvalue weighted by atomic mass is 10.0. The molecule has 0 aromatic heterocycles. The van der Waals surface area contributed by atoms with Crippen LogP contribution in [0, 0.1) is 0 Å². The van der Waals surface area contributed by atoms with E-state index >= 15 is 0 Å². The normalized spacial score (nSPS) is 13.8. The molecule has 3 N–H and O–H groups in total. The van der Waals surface area contributed by atoms with Crippen molar-refractivity contribution in [1.82, 2.24) is 5.32 Å². The van der Waals surface area contributed by atoms with Crippen molar-refractivity contribution in [3.63, 3.8) is 0 Å². The Morgan fingerprint density at radius 3 is 1.16 bits per heavy atom. The maximum atomic E-state index is 13.3. The Labute approximate surface area is 427 Å². The molecule has 0 aliphatic heterocycles. The van der Waals surface area contributed by atoms with Crippen molar-refractivity contribution in [2.24, 2.45) is 0 Å². The van der Waals surface area contributed by atoms with Gasteiger partial charge in [0.2, 0.25) is 5.91 Å². The fourth-order valence-electron chi connectivity index (χ4n) is 8.62. The van der Waals surface area contributed by atoms with Gasteiger partial charge in [-0.15, -0.1) is 0 Å². The van der Waals surface area contributed by atoms with Crippen LogP contribution in [0.15, 0.2) is 85.1 Å². The van der Waals surface area contributed by atoms with Crippen molar-refractivity contribution in [2.75, 3.05) is 6.61 Å². The average molecular weight is 963 g/mol. The van der Waals surface area contributed by atoms with Crippen LogP contribution < -0.4 is 5.32 Å². The first-order valence-electron chi connectivity index (χ1n) is 29.4. The van der Waals surface area contributed by atoms with Crippen LogP contribution in [-0.2, 0) is 14.3 Å². The predicted octanol–water partition coefficient (Wildman–Crippen LogP) is 18.3. The third kappa shape index (κ3) is 51.2. The van der Waals surface area contributed by atoms with E-state index < -0.39 is 18.2 Å². The first kappa shape index (κ1) is 66.0. The van der Waals surface area contributed by atoms with Crippen LogP contribution in [0.4, 0.5) is 0 Å². The number of carbonyl (C=O) groups excluding carboxylic acids is 2. The van der Waals surface area contributed by atoms with Gasteiger partial charge in [0, 0.05) is 6.42 Å². The molecule has 0 bridgehead atoms. The second kappa shape index (κ2) is 56.0. The number of rotatable bonds is 52. The van der Waals surface area contributed by atoms with E-state index in [0.717, 1.165) is 96.3 Å². The van der Waals surface area contributed by atoms with Crippen LogP contribution in [0.5, 0.6) is 0 Å². The van der Waals surface area contributed by atoms with E-state index in [4.69, 9.17) is 4.74 Å². The number of unbranched alkanes of at least 4 members (excludes halogenated alkanes) is 31. The number of hydrogen-bond donors (Lipinski definition) is 3. The summed E-state index contributed by atoms with van der Waals surface area (Å²) in [5.41, 5.74) is 0. The molecule has 0 saturated carbocycles. The fourth-order valence-corrected chi connectivity index (χ4v) is 8.62. The lowest BCUT2D eigenvalue weighted by molar-refractivity contribution is -0.151. The molecule has 0 radical (unpaired) electrons. The minimum atomic E-state index is -0.808. The highest BCUT2D eigenvalue weighted by Crippen LogP contribution is 2.18. The zero-order valence-electron chi connectivity index (χ0n) is 45.4. The van der Waals surface area contributed by atoms with Gasteiger partial charge < -0.3 is 20.3 Å². The molecule has 69 heavy (non-hydrogen) atoms. The summed E-state index contributed by atoms with van der Waals surface area (Å²) < 4.78 is 5.94. The van der Waals surface area contributed by atoms with Gasteiger partial charge in [0.05, 0.1) is 25.2 Å². The van der Waals surface area contributed by atoms with Gasteiger partial charge in [0.15, 0.2) is 0 Å². The molecule has 3 unspecified atom stereocenters. The number of esters is 1. The van der Waals surface area contributed by atoms with E-state index in [1.165, 1.54) is 135 Å². The van der Waals surface area contributed by atoms with E-state index in [-0.39, 0.29) is 24.9 Å². The first-order chi connectivity index (χ1) is 34.0. The molecular weight excluding hydrogens is 851 g/mol. The van der Waals surface area contributed by atoms with Crippen molar-refractivity contribution in [3.8, 4) is 0 Å². The molecule has 0 aliphatic carbocycles. The number of amides is 1. The van der Waals surface area contributed by atoms with Gasteiger partial charge in [-0.05, 0) is 77.0 Å². The number of aliphatic hydroxyl groups is 2. The number of allylic oxidation sites excluding steroid dienone is 14. The van der Waals surface area contributed by atoms with Gasteiger partial charge in [0.1, 0.15) is 6.10 Å². The van der Waals surface area contributed by atoms with E-state index in [9.17, 15) is 19.8 Å². The van der Waals surface area contributed by atoms with Crippen LogP contribution in [0.2, 0.25) is 0 Å². The fraction of sp³-hybridized carbons (Fsp3) is 0.746. The van der Waals surface area contributed by atoms with Crippen molar-refractivity contribution in [3.05, 3.63) is 85.1 Å². The zero-order valence-corrected chi connectivity index (χ0v) is 45.4. The summed E-state index contributed by atoms with van der Waals surface area (Å²) in [5.74, 6) is -0.533. The quantitative estimate of drug-likeness (QED) is 0.0321. The molecule has 1 amide bonds. The molecule has 0 aromatic rings. The summed E-state index contributed by atoms with van der Waals surface area (Å²) in [6.45, 7) is 6.43. The second-order valence-corrected chi connectivity index (χ2v) is 19.8. The smallest absolute Gasteiger partial charge is 0.306 e. The van der Waals surface area contributed by atoms with E-state index in [2.05, 4.69) is 105 Å². The molecule has 6 heteroatoms. The van der Waals surface area contributed by atoms with Gasteiger partial charge in [-0.3, -0.25) is 9.59 Å². The summed E-state index contributed by atoms with van der Waals surface area (Å²) >= 11 is 0. The van der Waals surface area contributed by atoms with Crippen molar-refractivity contribution >= 4 is 11.9 Å². The Morgan fingerprint density at radius 1 is 0.420 bits per heavy atom. The molecule has 398 valence electrons. The average Bonchev–Trinajstić information content (AvgIpc) is 3.34. The maximum absolute atomic E-state index is 13.3. The van der Waals surface area contributed by atoms with Crippen LogP contribution >= 0.6 is 0 Å². The molecule has 3 atom stereocenters. The molecule has 6 nitrogen and oxygen atoms in total. The molecule has 0 aliphatic rings. The van der Waals surface area contributed by atoms with E-state index in [0.29, 0.717) is 19.3 Å². The minimum absolute atomic E-state index is 0.0400. The Hall–Kier alpha value is -2.96. The number of carbonyl (C=O) groups is 2. The summed E-state index contributed by atoms with van der Waals surface area (Å²) in [6, 6.07) is -0.725. The van der Waals surface area contributed by atoms with Crippen LogP contribution in [0.1, 0.15) is 278 Å². The third-order valence-corrected chi connectivity index (χ3v) is 13.1. The predicted molar refractivity (Wildman–Crippen MR) is 301 cm³/mol. The largest absolute Gasteiger partial charge is 0.462 e. The Bertz CT molecular complexity index is 1310. The monoisotopic (exact) mass is 962 g/mol. The van der Waals surface area contributed by atoms with Gasteiger partial charge in [-0.2, -0.15) is 0 Å². The van der Waals surface area contributed by atoms with Gasteiger partial charge in [-0.25, -0.2) is 0 Å². The number of ether oxygens (including phenoxy) is 1. The minimum Gasteiger partial charge on any atom is -0.462 e. The van der Waals surface area contributed by atoms with Gasteiger partial charge in [-0.1, -0.05) is 273 Å². The lowest BCUT2D eigenvalue weighted by Gasteiger charge is -2.24. The highest BCUT2D eigenvalue weighted by atomic mass is 16.5. The molecular formula is C63H111NO5. The van der Waals surface area contributed by atoms with Crippen LogP contribution in [0.3, 0.4) is 0 Å². The summed E-state index contributed by atoms with van der Waals surface area (Å²) in [5, 5.41) is 23.9. The molecule has 0 aromatic carbocycles. The topological polar surface area (TPSA) is 95.9 Å². The van der Waals surface area contributed by atoms with Gasteiger partial charge in [0.25, 0.3) is 0 Å². The molecule has 0 fully saturated rings. The highest BCUT2D eigenvalue weighted by molar-refractivity contribution is 5.77. The zero-order chi connectivity index (χ0) is 50.2. The van der Waals surface area contributed by atoms with Crippen LogP contribution in [-0.4, -0.2) is 46.9 Å². The summed E-state index contributed by atoms with van der Waals surface area (Å²) in [4.78, 5) is 26.3. The standard InChI is InChI=1S/C63H111NO5/c1-4-7-10-13-16-19-22-25-28-31-32-35-38-41-44-47-50-53-56-63(68)69-59(54-51-48-45-42-39-36-33-29-26-23-20-17-14-11-8-5-2)57-62(67)64-60(58-65)61(66)55-52-49-46-43-40-37-34-30-27-24-21-18-15-12-9-6-3/h17,20,22-23,25-26,28-29,31-33,35-36,39,59-61,65-66H,4-16,18-19,21,24,27,30,34,37-38,40-58H2,1-3H3,(H,64,67)/b20-17+,25-22+,26-23+,31-28+,33-29+,35-32+,39-36+. The summed E-state index contributed by atoms with van der Waals surface area (Å²) in [7, 11) is 0. The number of aliphatic hydroxyl groups excluding tert-OH is 2. The summed E-state index contributed by atoms with van der Waals surface area (Å²) in [6.07, 6.45) is 73.5. The van der Waals surface area contributed by atoms with E-state index in [1.54, 1.807) is 0 Å². The Balaban J connectivity index is 4.68. The van der Waals surface area contributed by atoms with Crippen molar-refractivity contribution in [1.29, 1.82) is 0 Å². The second-order valence-electron chi connectivity index (χ2n) is 19.8. The third-order valence-electron chi connectivity index (χ3n) is 13.1. The van der Waals surface area contributed by atoms with Crippen LogP contribution in [0.25, 0.3) is 0 Å². The highest BCUT2D eigenvalue weighted by Gasteiger charge is 2.24. The SMILES string of the molecule is CCCCC/C=C/C=C/C=C/C=C/CCCCCC(CC(=O)NC(CO)C(O)CCCCCCCCCCCCCCCCCC)OC(=O)CCCCCCC/C=C/C=C/C=C/CCCCCCC. The van der Waals surface area contributed by atoms with Crippen molar-refractivity contribution < 1.29 is 24.5 Å². The molecule has 0 spiro atoms. The number of hydrogen-bond acceptors (Lipinski definition) is 5. The first-order valence-corrected chi connectivity index (χ1v) is 29.4. The van der Waals surface area contributed by atoms with Gasteiger partial charge >= 0.3 is 5.97 Å². The maximum Gasteiger partial charge on any atom is 0.306 e. The molecule has 0 heterocycles. The van der Waals surface area contributed by atoms with Crippen molar-refractivity contribution in [2.45, 2.75) is 296 Å². The molecule has 0 saturated heterocycles. The Morgan fingerprint density at radius 2 is 0.739 bits per heavy atom. The lowest BCUT2D eigenvalue weighted by Crippen LogP contribution is -2.46.